The van der Waals surface area contributed by atoms with Crippen LogP contribution in [0.15, 0.2) is 0 Å². The average molecular weight is 205 g/mol. The summed E-state index contributed by atoms with van der Waals surface area (Å²) >= 11 is 0. The Labute approximate surface area is 83.0 Å². The van der Waals surface area contributed by atoms with Gasteiger partial charge in [-0.3, -0.25) is 0 Å². The summed E-state index contributed by atoms with van der Waals surface area (Å²) < 4.78 is 19.3. The van der Waals surface area contributed by atoms with E-state index in [4.69, 9.17) is 4.74 Å². The number of morpholine rings is 1. The molecule has 1 aliphatic rings. The zero-order valence-electron chi connectivity index (χ0n) is 8.87. The van der Waals surface area contributed by atoms with E-state index in [1.165, 1.54) is 0 Å². The molecule has 13 heavy (non-hydrogen) atoms. The van der Waals surface area contributed by atoms with E-state index in [9.17, 15) is 4.21 Å². The summed E-state index contributed by atoms with van der Waals surface area (Å²) in [5, 5.41) is 0.192. The van der Waals surface area contributed by atoms with Crippen LogP contribution < -0.4 is 0 Å². The Morgan fingerprint density at radius 1 is 1.46 bits per heavy atom. The zero-order chi connectivity index (χ0) is 10.1. The third kappa shape index (κ3) is 2.51. The number of nitrogens with zero attached hydrogens (tertiary/aromatic N) is 1. The van der Waals surface area contributed by atoms with Crippen molar-refractivity contribution in [3.8, 4) is 0 Å². The monoisotopic (exact) mass is 205 g/mol. The van der Waals surface area contributed by atoms with E-state index in [0.717, 1.165) is 6.54 Å². The van der Waals surface area contributed by atoms with Gasteiger partial charge in [0.15, 0.2) is 0 Å². The van der Waals surface area contributed by atoms with Crippen molar-refractivity contribution in [2.45, 2.75) is 38.5 Å². The summed E-state index contributed by atoms with van der Waals surface area (Å²) in [5.74, 6) is 0. The van der Waals surface area contributed by atoms with E-state index < -0.39 is 11.0 Å². The fraction of sp³-hybridized carbons (Fsp3) is 1.00. The number of hydrogen-bond acceptors (Lipinski definition) is 2. The number of hydrogen-bond donors (Lipinski definition) is 0. The van der Waals surface area contributed by atoms with Crippen LogP contribution in [0.3, 0.4) is 0 Å². The van der Waals surface area contributed by atoms with Crippen molar-refractivity contribution < 1.29 is 8.95 Å². The predicted octanol–water partition coefficient (Wildman–Crippen LogP) is 1.17. The van der Waals surface area contributed by atoms with Crippen molar-refractivity contribution >= 4 is 11.0 Å². The highest BCUT2D eigenvalue weighted by Gasteiger charge is 2.35. The average Bonchev–Trinajstić information content (AvgIpc) is 2.02. The molecule has 0 aliphatic carbocycles. The Kier molecular flexibility index (Phi) is 3.49. The van der Waals surface area contributed by atoms with E-state index in [1.807, 2.05) is 18.2 Å². The minimum atomic E-state index is -0.874. The third-order valence-electron chi connectivity index (χ3n) is 2.19. The molecule has 1 saturated heterocycles. The first-order valence-electron chi connectivity index (χ1n) is 4.71. The van der Waals surface area contributed by atoms with Gasteiger partial charge < -0.3 is 4.74 Å². The summed E-state index contributed by atoms with van der Waals surface area (Å²) in [5.41, 5.74) is -0.0899. The van der Waals surface area contributed by atoms with Gasteiger partial charge in [-0.25, -0.2) is 8.51 Å². The fourth-order valence-corrected chi connectivity index (χ4v) is 2.74. The van der Waals surface area contributed by atoms with Gasteiger partial charge in [-0.05, 0) is 27.7 Å². The molecular formula is C9H19NO2S. The molecule has 1 aliphatic heterocycles. The molecule has 0 spiro atoms. The van der Waals surface area contributed by atoms with Crippen LogP contribution in [0.5, 0.6) is 0 Å². The molecule has 0 saturated carbocycles. The fourth-order valence-electron chi connectivity index (χ4n) is 1.43. The molecule has 0 bridgehead atoms. The minimum absolute atomic E-state index is 0.0899. The van der Waals surface area contributed by atoms with Gasteiger partial charge in [-0.1, -0.05) is 0 Å². The topological polar surface area (TPSA) is 29.5 Å². The molecule has 0 radical (unpaired) electrons. The molecule has 0 N–H and O–H groups in total. The van der Waals surface area contributed by atoms with Gasteiger partial charge in [-0.15, -0.1) is 0 Å². The van der Waals surface area contributed by atoms with Crippen LogP contribution in [0.2, 0.25) is 0 Å². The lowest BCUT2D eigenvalue weighted by molar-refractivity contribution is -0.00551. The standard InChI is InChI=1S/C9H19NO2S/c1-8(2)13(11)10-5-6-12-7-9(10,3)4/h8H,5-7H2,1-4H3. The summed E-state index contributed by atoms with van der Waals surface area (Å²) in [7, 11) is -0.874. The quantitative estimate of drug-likeness (QED) is 0.677. The van der Waals surface area contributed by atoms with Crippen LogP contribution in [0.1, 0.15) is 27.7 Å². The normalized spacial score (nSPS) is 26.2. The Bertz CT molecular complexity index is 204. The second-order valence-electron chi connectivity index (χ2n) is 4.29. The lowest BCUT2D eigenvalue weighted by atomic mass is 10.1. The molecule has 1 atom stereocenters. The first-order valence-corrected chi connectivity index (χ1v) is 5.88. The Balaban J connectivity index is 2.71. The second kappa shape index (κ2) is 4.07. The third-order valence-corrected chi connectivity index (χ3v) is 4.11. The molecule has 0 aromatic carbocycles. The molecule has 1 rings (SSSR count). The first-order chi connectivity index (χ1) is 5.95. The van der Waals surface area contributed by atoms with Crippen LogP contribution >= 0.6 is 0 Å². The van der Waals surface area contributed by atoms with E-state index in [2.05, 4.69) is 13.8 Å². The van der Waals surface area contributed by atoms with Crippen LogP contribution in [-0.2, 0) is 15.7 Å². The Morgan fingerprint density at radius 3 is 2.54 bits per heavy atom. The Hall–Kier alpha value is 0.0700. The van der Waals surface area contributed by atoms with Crippen LogP contribution in [-0.4, -0.2) is 39.1 Å². The van der Waals surface area contributed by atoms with Gasteiger partial charge in [0, 0.05) is 11.8 Å². The van der Waals surface area contributed by atoms with E-state index in [0.29, 0.717) is 13.2 Å². The van der Waals surface area contributed by atoms with Gasteiger partial charge in [0.25, 0.3) is 0 Å². The molecule has 0 aromatic heterocycles. The van der Waals surface area contributed by atoms with Crippen molar-refractivity contribution in [3.63, 3.8) is 0 Å². The minimum Gasteiger partial charge on any atom is -0.378 e. The van der Waals surface area contributed by atoms with Crippen molar-refractivity contribution in [1.29, 1.82) is 0 Å². The van der Waals surface area contributed by atoms with Crippen molar-refractivity contribution in [2.75, 3.05) is 19.8 Å². The van der Waals surface area contributed by atoms with Crippen LogP contribution in [0.25, 0.3) is 0 Å². The molecule has 78 valence electrons. The molecule has 0 aromatic rings. The summed E-state index contributed by atoms with van der Waals surface area (Å²) in [6.07, 6.45) is 0. The molecule has 0 amide bonds. The highest BCUT2D eigenvalue weighted by molar-refractivity contribution is 7.83. The van der Waals surface area contributed by atoms with Gasteiger partial charge in [-0.2, -0.15) is 0 Å². The van der Waals surface area contributed by atoms with Gasteiger partial charge >= 0.3 is 0 Å². The van der Waals surface area contributed by atoms with Gasteiger partial charge in [0.2, 0.25) is 0 Å². The lowest BCUT2D eigenvalue weighted by Crippen LogP contribution is -2.54. The highest BCUT2D eigenvalue weighted by Crippen LogP contribution is 2.22. The molecule has 1 unspecified atom stereocenters. The highest BCUT2D eigenvalue weighted by atomic mass is 32.2. The van der Waals surface area contributed by atoms with E-state index >= 15 is 0 Å². The summed E-state index contributed by atoms with van der Waals surface area (Å²) in [6, 6.07) is 0. The summed E-state index contributed by atoms with van der Waals surface area (Å²) in [6.45, 7) is 10.3. The SMILES string of the molecule is CC(C)S(=O)N1CCOCC1(C)C. The molecule has 1 fully saturated rings. The maximum atomic E-state index is 11.9. The van der Waals surface area contributed by atoms with Crippen molar-refractivity contribution in [2.24, 2.45) is 0 Å². The number of rotatable bonds is 2. The predicted molar refractivity (Wildman–Crippen MR) is 54.9 cm³/mol. The number of ether oxygens (including phenoxy) is 1. The zero-order valence-corrected chi connectivity index (χ0v) is 9.69. The lowest BCUT2D eigenvalue weighted by Gasteiger charge is -2.41. The van der Waals surface area contributed by atoms with Crippen molar-refractivity contribution in [1.82, 2.24) is 4.31 Å². The molecule has 3 nitrogen and oxygen atoms in total. The molecular weight excluding hydrogens is 186 g/mol. The van der Waals surface area contributed by atoms with Crippen LogP contribution in [0.4, 0.5) is 0 Å². The van der Waals surface area contributed by atoms with E-state index in [1.54, 1.807) is 0 Å². The van der Waals surface area contributed by atoms with Crippen molar-refractivity contribution in [3.05, 3.63) is 0 Å². The smallest absolute Gasteiger partial charge is 0.0975 e. The molecule has 4 heteroatoms. The maximum absolute atomic E-state index is 11.9. The molecule has 1 heterocycles. The maximum Gasteiger partial charge on any atom is 0.0975 e. The van der Waals surface area contributed by atoms with Gasteiger partial charge in [0.05, 0.1) is 29.7 Å². The van der Waals surface area contributed by atoms with E-state index in [-0.39, 0.29) is 10.8 Å². The first kappa shape index (κ1) is 11.1. The summed E-state index contributed by atoms with van der Waals surface area (Å²) in [4.78, 5) is 0. The second-order valence-corrected chi connectivity index (χ2v) is 6.23. The van der Waals surface area contributed by atoms with Gasteiger partial charge in [0.1, 0.15) is 0 Å². The largest absolute Gasteiger partial charge is 0.378 e. The van der Waals surface area contributed by atoms with Crippen LogP contribution in [0, 0.1) is 0 Å². The Morgan fingerprint density at radius 2 is 2.08 bits per heavy atom.